The van der Waals surface area contributed by atoms with E-state index < -0.39 is 0 Å². The maximum atomic E-state index is 9.19. The molecule has 1 aliphatic rings. The summed E-state index contributed by atoms with van der Waals surface area (Å²) in [6.07, 6.45) is 2.05. The van der Waals surface area contributed by atoms with Gasteiger partial charge in [0, 0.05) is 12.5 Å². The molecule has 0 aliphatic heterocycles. The lowest BCUT2D eigenvalue weighted by Crippen LogP contribution is -2.22. The zero-order chi connectivity index (χ0) is 6.91. The minimum atomic E-state index is -0.197. The first-order valence-corrected chi connectivity index (χ1v) is 3.38. The first-order valence-electron chi connectivity index (χ1n) is 3.38. The number of rotatable bonds is 3. The van der Waals surface area contributed by atoms with E-state index in [0.29, 0.717) is 6.61 Å². The molecule has 0 aromatic rings. The van der Waals surface area contributed by atoms with Crippen molar-refractivity contribution in [2.75, 3.05) is 13.7 Å². The van der Waals surface area contributed by atoms with Crippen LogP contribution in [0.3, 0.4) is 0 Å². The fourth-order valence-corrected chi connectivity index (χ4v) is 1.13. The normalized spacial score (nSPS) is 25.7. The van der Waals surface area contributed by atoms with Crippen molar-refractivity contribution in [3.63, 3.8) is 0 Å². The first kappa shape index (κ1) is 7.03. The number of hydrogen-bond acceptors (Lipinski definition) is 2. The van der Waals surface area contributed by atoms with E-state index in [4.69, 9.17) is 4.74 Å². The molecule has 1 rings (SSSR count). The number of hydrogen-bond donors (Lipinski definition) is 1. The van der Waals surface area contributed by atoms with Crippen LogP contribution in [-0.2, 0) is 4.74 Å². The van der Waals surface area contributed by atoms with Crippen LogP contribution in [0.25, 0.3) is 0 Å². The van der Waals surface area contributed by atoms with E-state index in [9.17, 15) is 5.11 Å². The molecule has 9 heavy (non-hydrogen) atoms. The van der Waals surface area contributed by atoms with Crippen molar-refractivity contribution in [2.24, 2.45) is 5.41 Å². The Morgan fingerprint density at radius 3 is 2.33 bits per heavy atom. The van der Waals surface area contributed by atoms with Crippen molar-refractivity contribution in [3.05, 3.63) is 0 Å². The monoisotopic (exact) mass is 130 g/mol. The van der Waals surface area contributed by atoms with Gasteiger partial charge in [0.15, 0.2) is 0 Å². The molecule has 2 heteroatoms. The van der Waals surface area contributed by atoms with Crippen LogP contribution >= 0.6 is 0 Å². The topological polar surface area (TPSA) is 29.5 Å². The summed E-state index contributed by atoms with van der Waals surface area (Å²) in [6.45, 7) is 2.55. The molecule has 54 valence electrons. The number of aliphatic hydroxyl groups is 1. The van der Waals surface area contributed by atoms with Gasteiger partial charge in [0.2, 0.25) is 0 Å². The van der Waals surface area contributed by atoms with Crippen LogP contribution in [-0.4, -0.2) is 24.9 Å². The van der Waals surface area contributed by atoms with Crippen LogP contribution in [0.1, 0.15) is 19.8 Å². The highest BCUT2D eigenvalue weighted by molar-refractivity contribution is 4.96. The van der Waals surface area contributed by atoms with Crippen molar-refractivity contribution >= 4 is 0 Å². The average Bonchev–Trinajstić information content (AvgIpc) is 2.49. The second-order valence-corrected chi connectivity index (χ2v) is 2.97. The molecule has 1 atom stereocenters. The molecule has 1 aliphatic carbocycles. The zero-order valence-electron chi connectivity index (χ0n) is 6.05. The second kappa shape index (κ2) is 2.27. The Kier molecular flexibility index (Phi) is 1.78. The van der Waals surface area contributed by atoms with Crippen molar-refractivity contribution in [2.45, 2.75) is 25.9 Å². The molecule has 0 radical (unpaired) electrons. The minimum absolute atomic E-state index is 0.134. The predicted molar refractivity (Wildman–Crippen MR) is 35.2 cm³/mol. The van der Waals surface area contributed by atoms with Gasteiger partial charge in [0.1, 0.15) is 0 Å². The summed E-state index contributed by atoms with van der Waals surface area (Å²) in [5, 5.41) is 9.19. The van der Waals surface area contributed by atoms with Gasteiger partial charge in [-0.2, -0.15) is 0 Å². The Labute approximate surface area is 55.8 Å². The van der Waals surface area contributed by atoms with E-state index in [-0.39, 0.29) is 11.5 Å². The highest BCUT2D eigenvalue weighted by Gasteiger charge is 2.46. The standard InChI is InChI=1S/C7H14O2/c1-6(8)7(3-4-7)5-9-2/h6,8H,3-5H2,1-2H3. The molecule has 1 saturated carbocycles. The summed E-state index contributed by atoms with van der Waals surface area (Å²) in [4.78, 5) is 0. The van der Waals surface area contributed by atoms with E-state index >= 15 is 0 Å². The van der Waals surface area contributed by atoms with Gasteiger partial charge in [-0.25, -0.2) is 0 Å². The molecular weight excluding hydrogens is 116 g/mol. The molecule has 0 spiro atoms. The molecular formula is C7H14O2. The third-order valence-corrected chi connectivity index (χ3v) is 2.21. The van der Waals surface area contributed by atoms with Crippen LogP contribution < -0.4 is 0 Å². The van der Waals surface area contributed by atoms with Gasteiger partial charge in [-0.15, -0.1) is 0 Å². The summed E-state index contributed by atoms with van der Waals surface area (Å²) in [5.41, 5.74) is 0.134. The van der Waals surface area contributed by atoms with Crippen molar-refractivity contribution in [1.82, 2.24) is 0 Å². The molecule has 0 saturated heterocycles. The largest absolute Gasteiger partial charge is 0.393 e. The Morgan fingerprint density at radius 2 is 2.22 bits per heavy atom. The molecule has 0 aromatic carbocycles. The third-order valence-electron chi connectivity index (χ3n) is 2.21. The molecule has 1 N–H and O–H groups in total. The van der Waals surface area contributed by atoms with E-state index in [0.717, 1.165) is 12.8 Å². The lowest BCUT2D eigenvalue weighted by atomic mass is 10.0. The highest BCUT2D eigenvalue weighted by atomic mass is 16.5. The Balaban J connectivity index is 2.33. The molecule has 2 nitrogen and oxygen atoms in total. The van der Waals surface area contributed by atoms with Gasteiger partial charge < -0.3 is 9.84 Å². The number of ether oxygens (including phenoxy) is 1. The summed E-state index contributed by atoms with van der Waals surface area (Å²) >= 11 is 0. The third kappa shape index (κ3) is 1.25. The first-order chi connectivity index (χ1) is 4.21. The summed E-state index contributed by atoms with van der Waals surface area (Å²) in [5.74, 6) is 0. The number of methoxy groups -OCH3 is 1. The van der Waals surface area contributed by atoms with Crippen LogP contribution in [0.2, 0.25) is 0 Å². The van der Waals surface area contributed by atoms with Gasteiger partial charge in [0.05, 0.1) is 12.7 Å². The average molecular weight is 130 g/mol. The summed E-state index contributed by atoms with van der Waals surface area (Å²) in [6, 6.07) is 0. The van der Waals surface area contributed by atoms with Gasteiger partial charge in [0.25, 0.3) is 0 Å². The van der Waals surface area contributed by atoms with E-state index in [2.05, 4.69) is 0 Å². The zero-order valence-corrected chi connectivity index (χ0v) is 6.05. The lowest BCUT2D eigenvalue weighted by molar-refractivity contribution is 0.0433. The Bertz CT molecular complexity index is 95.1. The Morgan fingerprint density at radius 1 is 1.67 bits per heavy atom. The van der Waals surface area contributed by atoms with Crippen molar-refractivity contribution < 1.29 is 9.84 Å². The SMILES string of the molecule is COCC1(C(C)O)CC1. The van der Waals surface area contributed by atoms with Gasteiger partial charge in [-0.05, 0) is 19.8 Å². The molecule has 0 bridgehead atoms. The lowest BCUT2D eigenvalue weighted by Gasteiger charge is -2.16. The fourth-order valence-electron chi connectivity index (χ4n) is 1.13. The van der Waals surface area contributed by atoms with Crippen molar-refractivity contribution in [1.29, 1.82) is 0 Å². The molecule has 0 aromatic heterocycles. The van der Waals surface area contributed by atoms with Crippen LogP contribution in [0.4, 0.5) is 0 Å². The van der Waals surface area contributed by atoms with Crippen LogP contribution in [0.15, 0.2) is 0 Å². The number of aliphatic hydroxyl groups excluding tert-OH is 1. The van der Waals surface area contributed by atoms with E-state index in [1.54, 1.807) is 7.11 Å². The van der Waals surface area contributed by atoms with E-state index in [1.807, 2.05) is 6.92 Å². The fraction of sp³-hybridized carbons (Fsp3) is 1.00. The van der Waals surface area contributed by atoms with Gasteiger partial charge in [-0.1, -0.05) is 0 Å². The van der Waals surface area contributed by atoms with Gasteiger partial charge >= 0.3 is 0 Å². The molecule has 0 amide bonds. The Hall–Kier alpha value is -0.0800. The minimum Gasteiger partial charge on any atom is -0.393 e. The second-order valence-electron chi connectivity index (χ2n) is 2.97. The molecule has 0 heterocycles. The van der Waals surface area contributed by atoms with Crippen molar-refractivity contribution in [3.8, 4) is 0 Å². The summed E-state index contributed by atoms with van der Waals surface area (Å²) < 4.78 is 4.97. The molecule has 1 fully saturated rings. The quantitative estimate of drug-likeness (QED) is 0.612. The maximum Gasteiger partial charge on any atom is 0.0590 e. The van der Waals surface area contributed by atoms with Crippen LogP contribution in [0.5, 0.6) is 0 Å². The predicted octanol–water partition coefficient (Wildman–Crippen LogP) is 0.794. The smallest absolute Gasteiger partial charge is 0.0590 e. The van der Waals surface area contributed by atoms with E-state index in [1.165, 1.54) is 0 Å². The highest BCUT2D eigenvalue weighted by Crippen LogP contribution is 2.48. The van der Waals surface area contributed by atoms with Crippen LogP contribution in [0, 0.1) is 5.41 Å². The van der Waals surface area contributed by atoms with Gasteiger partial charge in [-0.3, -0.25) is 0 Å². The molecule has 1 unspecified atom stereocenters. The maximum absolute atomic E-state index is 9.19. The summed E-state index contributed by atoms with van der Waals surface area (Å²) in [7, 11) is 1.68.